The third kappa shape index (κ3) is 4.16. The van der Waals surface area contributed by atoms with E-state index in [9.17, 15) is 0 Å². The molecular formula is C24H30ClN5O. The van der Waals surface area contributed by atoms with E-state index in [1.54, 1.807) is 6.20 Å². The Morgan fingerprint density at radius 3 is 2.74 bits per heavy atom. The Kier molecular flexibility index (Phi) is 5.87. The lowest BCUT2D eigenvalue weighted by Gasteiger charge is -2.37. The Balaban J connectivity index is 1.44. The number of fused-ring (bicyclic) bond motifs is 1. The van der Waals surface area contributed by atoms with Gasteiger partial charge in [0.15, 0.2) is 0 Å². The van der Waals surface area contributed by atoms with Crippen molar-refractivity contribution in [1.82, 2.24) is 19.4 Å². The van der Waals surface area contributed by atoms with Crippen LogP contribution < -0.4 is 4.90 Å². The second kappa shape index (κ2) is 8.77. The number of para-hydroxylation sites is 2. The van der Waals surface area contributed by atoms with Gasteiger partial charge in [-0.25, -0.2) is 9.97 Å². The van der Waals surface area contributed by atoms with E-state index in [0.717, 1.165) is 66.9 Å². The topological polar surface area (TPSA) is 46.4 Å². The van der Waals surface area contributed by atoms with Gasteiger partial charge in [-0.2, -0.15) is 0 Å². The molecule has 0 bridgehead atoms. The van der Waals surface area contributed by atoms with Crippen molar-refractivity contribution in [1.29, 1.82) is 0 Å². The fourth-order valence-corrected chi connectivity index (χ4v) is 4.96. The second-order valence-corrected chi connectivity index (χ2v) is 9.31. The van der Waals surface area contributed by atoms with Crippen LogP contribution in [0.4, 0.5) is 5.82 Å². The highest BCUT2D eigenvalue weighted by Gasteiger charge is 2.28. The zero-order chi connectivity index (χ0) is 21.4. The predicted octanol–water partition coefficient (Wildman–Crippen LogP) is 4.23. The highest BCUT2D eigenvalue weighted by molar-refractivity contribution is 6.33. The van der Waals surface area contributed by atoms with Crippen molar-refractivity contribution in [3.63, 3.8) is 0 Å². The molecule has 2 fully saturated rings. The molecule has 0 amide bonds. The van der Waals surface area contributed by atoms with Crippen molar-refractivity contribution >= 4 is 28.5 Å². The number of likely N-dealkylation sites (tertiary alicyclic amines) is 1. The van der Waals surface area contributed by atoms with E-state index in [2.05, 4.69) is 38.4 Å². The Morgan fingerprint density at radius 1 is 1.13 bits per heavy atom. The smallest absolute Gasteiger partial charge is 0.142 e. The van der Waals surface area contributed by atoms with Crippen LogP contribution in [0.25, 0.3) is 22.4 Å². The molecule has 2 saturated heterocycles. The van der Waals surface area contributed by atoms with Crippen molar-refractivity contribution in [3.8, 4) is 11.4 Å². The minimum atomic E-state index is 0.395. The lowest BCUT2D eigenvalue weighted by molar-refractivity contribution is 0.0623. The van der Waals surface area contributed by atoms with Crippen LogP contribution in [0, 0.1) is 5.92 Å². The van der Waals surface area contributed by atoms with Gasteiger partial charge in [-0.1, -0.05) is 30.7 Å². The van der Waals surface area contributed by atoms with Crippen molar-refractivity contribution in [2.75, 3.05) is 44.3 Å². The molecule has 2 aliphatic heterocycles. The zero-order valence-corrected chi connectivity index (χ0v) is 19.1. The number of halogens is 1. The first-order chi connectivity index (χ1) is 15.1. The van der Waals surface area contributed by atoms with Crippen LogP contribution in [0.2, 0.25) is 5.02 Å². The summed E-state index contributed by atoms with van der Waals surface area (Å²) in [7, 11) is 2.04. The molecule has 1 aromatic carbocycles. The molecule has 31 heavy (non-hydrogen) atoms. The molecule has 164 valence electrons. The molecule has 2 aromatic heterocycles. The highest BCUT2D eigenvalue weighted by atomic mass is 35.5. The van der Waals surface area contributed by atoms with Crippen LogP contribution in [0.15, 0.2) is 36.5 Å². The van der Waals surface area contributed by atoms with Gasteiger partial charge >= 0.3 is 0 Å². The molecule has 5 rings (SSSR count). The number of aromatic nitrogens is 3. The number of nitrogens with zero attached hydrogens (tertiary/aromatic N) is 5. The summed E-state index contributed by atoms with van der Waals surface area (Å²) in [6, 6.07) is 10.6. The number of rotatable bonds is 3. The number of benzene rings is 1. The first-order valence-electron chi connectivity index (χ1n) is 11.2. The lowest BCUT2D eigenvalue weighted by Crippen LogP contribution is -2.48. The van der Waals surface area contributed by atoms with E-state index in [0.29, 0.717) is 17.7 Å². The average molecular weight is 440 g/mol. The summed E-state index contributed by atoms with van der Waals surface area (Å²) < 4.78 is 8.08. The van der Waals surface area contributed by atoms with Crippen LogP contribution in [0.3, 0.4) is 0 Å². The zero-order valence-electron chi connectivity index (χ0n) is 18.3. The summed E-state index contributed by atoms with van der Waals surface area (Å²) in [4.78, 5) is 14.5. The van der Waals surface area contributed by atoms with Crippen LogP contribution >= 0.6 is 11.6 Å². The fraction of sp³-hybridized carbons (Fsp3) is 0.500. The largest absolute Gasteiger partial charge is 0.378 e. The Bertz CT molecular complexity index is 1060. The van der Waals surface area contributed by atoms with Crippen molar-refractivity contribution < 1.29 is 4.74 Å². The van der Waals surface area contributed by atoms with E-state index in [-0.39, 0.29) is 0 Å². The number of hydrogen-bond donors (Lipinski definition) is 0. The molecule has 3 aromatic rings. The predicted molar refractivity (Wildman–Crippen MR) is 126 cm³/mol. The van der Waals surface area contributed by atoms with Gasteiger partial charge in [0.2, 0.25) is 0 Å². The molecule has 7 heteroatoms. The Morgan fingerprint density at radius 2 is 1.94 bits per heavy atom. The van der Waals surface area contributed by atoms with Crippen molar-refractivity contribution in [3.05, 3.63) is 41.6 Å². The van der Waals surface area contributed by atoms with Gasteiger partial charge in [-0.05, 0) is 50.0 Å². The molecule has 0 aliphatic carbocycles. The molecule has 1 atom stereocenters. The average Bonchev–Trinajstić information content (AvgIpc) is 2.96. The number of aryl methyl sites for hydroxylation is 1. The van der Waals surface area contributed by atoms with Gasteiger partial charge in [0.1, 0.15) is 11.6 Å². The van der Waals surface area contributed by atoms with Gasteiger partial charge in [-0.3, -0.25) is 4.90 Å². The molecule has 4 heterocycles. The molecule has 6 nitrogen and oxygen atoms in total. The molecule has 0 radical (unpaired) electrons. The highest BCUT2D eigenvalue weighted by Crippen LogP contribution is 2.32. The van der Waals surface area contributed by atoms with Crippen LogP contribution in [0.1, 0.15) is 19.8 Å². The second-order valence-electron chi connectivity index (χ2n) is 8.90. The summed E-state index contributed by atoms with van der Waals surface area (Å²) >= 11 is 6.60. The SMILES string of the molecule is CC1CCN(C2COCCN(c3cc(-c4nc5ccccc5n4C)c(Cl)cn3)C2)CC1. The quantitative estimate of drug-likeness (QED) is 0.611. The fourth-order valence-electron chi connectivity index (χ4n) is 4.77. The Hall–Kier alpha value is -2.15. The molecule has 0 N–H and O–H groups in total. The van der Waals surface area contributed by atoms with Gasteiger partial charge in [0.05, 0.1) is 35.3 Å². The van der Waals surface area contributed by atoms with E-state index < -0.39 is 0 Å². The molecular weight excluding hydrogens is 410 g/mol. The van der Waals surface area contributed by atoms with E-state index in [4.69, 9.17) is 21.3 Å². The monoisotopic (exact) mass is 439 g/mol. The number of ether oxygens (including phenoxy) is 1. The number of piperidine rings is 1. The third-order valence-corrected chi connectivity index (χ3v) is 7.08. The van der Waals surface area contributed by atoms with Crippen LogP contribution in [0.5, 0.6) is 0 Å². The van der Waals surface area contributed by atoms with E-state index in [1.165, 1.54) is 12.8 Å². The maximum Gasteiger partial charge on any atom is 0.142 e. The summed E-state index contributed by atoms with van der Waals surface area (Å²) in [6.45, 7) is 7.92. The number of hydrogen-bond acceptors (Lipinski definition) is 5. The van der Waals surface area contributed by atoms with Gasteiger partial charge in [0, 0.05) is 31.9 Å². The number of imidazole rings is 1. The standard InChI is InChI=1S/C24H30ClN5O/c1-17-7-9-29(10-8-17)18-15-30(11-12-31-16-18)23-13-19(20(25)14-26-23)24-27-21-5-3-4-6-22(21)28(24)2/h3-6,13-14,17-18H,7-12,15-16H2,1-2H3. The van der Waals surface area contributed by atoms with Crippen molar-refractivity contribution in [2.45, 2.75) is 25.8 Å². The molecule has 2 aliphatic rings. The lowest BCUT2D eigenvalue weighted by atomic mass is 9.98. The maximum absolute atomic E-state index is 6.60. The van der Waals surface area contributed by atoms with Crippen LogP contribution in [-0.2, 0) is 11.8 Å². The summed E-state index contributed by atoms with van der Waals surface area (Å²) in [6.07, 6.45) is 4.30. The minimum absolute atomic E-state index is 0.395. The number of anilines is 1. The number of pyridine rings is 1. The summed E-state index contributed by atoms with van der Waals surface area (Å²) in [5.74, 6) is 2.63. The first-order valence-corrected chi connectivity index (χ1v) is 11.6. The first kappa shape index (κ1) is 20.7. The third-order valence-electron chi connectivity index (χ3n) is 6.77. The molecule has 1 unspecified atom stereocenters. The summed E-state index contributed by atoms with van der Waals surface area (Å²) in [5, 5.41) is 0.620. The maximum atomic E-state index is 6.60. The van der Waals surface area contributed by atoms with Gasteiger partial charge in [-0.15, -0.1) is 0 Å². The van der Waals surface area contributed by atoms with E-state index in [1.807, 2.05) is 25.2 Å². The van der Waals surface area contributed by atoms with E-state index >= 15 is 0 Å². The van der Waals surface area contributed by atoms with Gasteiger partial charge in [0.25, 0.3) is 0 Å². The minimum Gasteiger partial charge on any atom is -0.378 e. The van der Waals surface area contributed by atoms with Crippen molar-refractivity contribution in [2.24, 2.45) is 13.0 Å². The normalized spacial score (nSPS) is 21.5. The van der Waals surface area contributed by atoms with Gasteiger partial charge < -0.3 is 14.2 Å². The molecule has 0 spiro atoms. The van der Waals surface area contributed by atoms with Crippen LogP contribution in [-0.4, -0.2) is 64.9 Å². The Labute approximate surface area is 188 Å². The summed E-state index contributed by atoms with van der Waals surface area (Å²) in [5.41, 5.74) is 2.98. The molecule has 0 saturated carbocycles.